The Kier molecular flexibility index (Phi) is 5.16. The summed E-state index contributed by atoms with van der Waals surface area (Å²) in [4.78, 5) is 36.2. The number of carbonyl (C=O) groups excluding carboxylic acids is 2. The first kappa shape index (κ1) is 16.5. The van der Waals surface area contributed by atoms with Crippen LogP contribution in [0.2, 0.25) is 0 Å². The highest BCUT2D eigenvalue weighted by Crippen LogP contribution is 2.22. The average Bonchev–Trinajstić information content (AvgIpc) is 2.47. The predicted molar refractivity (Wildman–Crippen MR) is 83.1 cm³/mol. The average molecular weight is 305 g/mol. The van der Waals surface area contributed by atoms with E-state index in [-0.39, 0.29) is 17.5 Å². The Hall–Kier alpha value is -1.91. The van der Waals surface area contributed by atoms with Gasteiger partial charge in [0.2, 0.25) is 0 Å². The third-order valence-electron chi connectivity index (χ3n) is 4.26. The van der Waals surface area contributed by atoms with E-state index < -0.39 is 17.6 Å². The molecule has 22 heavy (non-hydrogen) atoms. The Balaban J connectivity index is 2.22. The molecule has 1 aromatic heterocycles. The van der Waals surface area contributed by atoms with Crippen molar-refractivity contribution in [3.8, 4) is 0 Å². The Morgan fingerprint density at radius 3 is 2.45 bits per heavy atom. The highest BCUT2D eigenvalue weighted by molar-refractivity contribution is 5.93. The van der Waals surface area contributed by atoms with Gasteiger partial charge in [-0.2, -0.15) is 0 Å². The van der Waals surface area contributed by atoms with E-state index in [2.05, 4.69) is 0 Å². The molecule has 1 aromatic rings. The second-order valence-corrected chi connectivity index (χ2v) is 5.99. The molecular weight excluding hydrogens is 282 g/mol. The molecule has 1 saturated carbocycles. The predicted octanol–water partition coefficient (Wildman–Crippen LogP) is 2.80. The number of esters is 1. The Morgan fingerprint density at radius 1 is 1.23 bits per heavy atom. The first-order valence-electron chi connectivity index (χ1n) is 7.85. The van der Waals surface area contributed by atoms with Crippen molar-refractivity contribution in [2.75, 3.05) is 0 Å². The van der Waals surface area contributed by atoms with Crippen LogP contribution in [0.25, 0.3) is 0 Å². The van der Waals surface area contributed by atoms with Gasteiger partial charge in [0.05, 0.1) is 5.56 Å². The van der Waals surface area contributed by atoms with Gasteiger partial charge in [-0.3, -0.25) is 14.2 Å². The molecule has 1 atom stereocenters. The topological polar surface area (TPSA) is 65.4 Å². The monoisotopic (exact) mass is 305 g/mol. The fourth-order valence-electron chi connectivity index (χ4n) is 2.95. The lowest BCUT2D eigenvalue weighted by atomic mass is 9.98. The normalized spacial score (nSPS) is 17.0. The smallest absolute Gasteiger partial charge is 0.329 e. The Morgan fingerprint density at radius 2 is 1.86 bits per heavy atom. The summed E-state index contributed by atoms with van der Waals surface area (Å²) in [6.45, 7) is 4.74. The largest absolute Gasteiger partial charge is 0.461 e. The van der Waals surface area contributed by atoms with Crippen molar-refractivity contribution in [2.24, 2.45) is 0 Å². The van der Waals surface area contributed by atoms with Gasteiger partial charge in [0.25, 0.3) is 5.56 Å². The van der Waals surface area contributed by atoms with Gasteiger partial charge in [-0.15, -0.1) is 0 Å². The van der Waals surface area contributed by atoms with Crippen LogP contribution in [0.1, 0.15) is 68.0 Å². The van der Waals surface area contributed by atoms with Crippen molar-refractivity contribution < 1.29 is 14.3 Å². The van der Waals surface area contributed by atoms with Crippen molar-refractivity contribution in [3.63, 3.8) is 0 Å². The van der Waals surface area contributed by atoms with Gasteiger partial charge in [0.1, 0.15) is 12.1 Å². The van der Waals surface area contributed by atoms with Crippen molar-refractivity contribution in [2.45, 2.75) is 65.0 Å². The first-order chi connectivity index (χ1) is 10.4. The molecule has 0 N–H and O–H groups in total. The molecule has 0 aromatic carbocycles. The molecule has 0 amide bonds. The minimum Gasteiger partial charge on any atom is -0.461 e. The molecule has 0 spiro atoms. The van der Waals surface area contributed by atoms with Gasteiger partial charge in [-0.05, 0) is 58.6 Å². The SMILES string of the molecule is CC(=O)c1ccc(C)n(C(C)C(=O)OC2CCCCC2)c1=O. The lowest BCUT2D eigenvalue weighted by molar-refractivity contribution is -0.154. The van der Waals surface area contributed by atoms with Gasteiger partial charge < -0.3 is 4.74 Å². The fourth-order valence-corrected chi connectivity index (χ4v) is 2.95. The summed E-state index contributed by atoms with van der Waals surface area (Å²) in [5, 5.41) is 0. The Bertz CT molecular complexity index is 626. The van der Waals surface area contributed by atoms with Crippen LogP contribution in [-0.2, 0) is 9.53 Å². The van der Waals surface area contributed by atoms with Crippen LogP contribution in [0, 0.1) is 6.92 Å². The zero-order chi connectivity index (χ0) is 16.3. The second-order valence-electron chi connectivity index (χ2n) is 5.99. The number of nitrogens with zero attached hydrogens (tertiary/aromatic N) is 1. The number of ketones is 1. The molecule has 1 fully saturated rings. The standard InChI is InChI=1S/C17H23NO4/c1-11-9-10-15(13(3)19)16(20)18(11)12(2)17(21)22-14-7-5-4-6-8-14/h9-10,12,14H,4-8H2,1-3H3. The number of carbonyl (C=O) groups is 2. The zero-order valence-electron chi connectivity index (χ0n) is 13.4. The summed E-state index contributed by atoms with van der Waals surface area (Å²) in [6.07, 6.45) is 5.06. The van der Waals surface area contributed by atoms with E-state index in [0.29, 0.717) is 5.69 Å². The molecule has 1 aliphatic carbocycles. The third kappa shape index (κ3) is 3.46. The number of Topliss-reactive ketones (excluding diaryl/α,β-unsaturated/α-hetero) is 1. The molecule has 5 heteroatoms. The quantitative estimate of drug-likeness (QED) is 0.634. The molecule has 1 unspecified atom stereocenters. The van der Waals surface area contributed by atoms with Crippen LogP contribution >= 0.6 is 0 Å². The maximum atomic E-state index is 12.4. The van der Waals surface area contributed by atoms with E-state index in [1.54, 1.807) is 19.9 Å². The number of aromatic nitrogens is 1. The summed E-state index contributed by atoms with van der Waals surface area (Å²) in [6, 6.07) is 2.46. The molecule has 5 nitrogen and oxygen atoms in total. The van der Waals surface area contributed by atoms with Crippen LogP contribution < -0.4 is 5.56 Å². The van der Waals surface area contributed by atoms with E-state index in [1.807, 2.05) is 0 Å². The van der Waals surface area contributed by atoms with Crippen LogP contribution in [0.3, 0.4) is 0 Å². The Labute approximate surface area is 130 Å². The third-order valence-corrected chi connectivity index (χ3v) is 4.26. The summed E-state index contributed by atoms with van der Waals surface area (Å²) in [7, 11) is 0. The molecule has 0 saturated heterocycles. The number of rotatable bonds is 4. The minimum absolute atomic E-state index is 0.0457. The summed E-state index contributed by atoms with van der Waals surface area (Å²) >= 11 is 0. The van der Waals surface area contributed by atoms with E-state index in [4.69, 9.17) is 4.74 Å². The maximum absolute atomic E-state index is 12.4. The number of hydrogen-bond acceptors (Lipinski definition) is 4. The molecule has 0 radical (unpaired) electrons. The van der Waals surface area contributed by atoms with Crippen LogP contribution in [-0.4, -0.2) is 22.4 Å². The van der Waals surface area contributed by atoms with Gasteiger partial charge >= 0.3 is 5.97 Å². The summed E-state index contributed by atoms with van der Waals surface area (Å²) in [5.41, 5.74) is 0.312. The molecule has 0 bridgehead atoms. The van der Waals surface area contributed by atoms with Crippen LogP contribution in [0.15, 0.2) is 16.9 Å². The van der Waals surface area contributed by atoms with Crippen LogP contribution in [0.5, 0.6) is 0 Å². The molecule has 0 aliphatic heterocycles. The van der Waals surface area contributed by atoms with Gasteiger partial charge in [0, 0.05) is 5.69 Å². The van der Waals surface area contributed by atoms with Crippen molar-refractivity contribution in [1.29, 1.82) is 0 Å². The lowest BCUT2D eigenvalue weighted by Crippen LogP contribution is -2.35. The molecule has 120 valence electrons. The first-order valence-corrected chi connectivity index (χ1v) is 7.85. The van der Waals surface area contributed by atoms with Gasteiger partial charge in [-0.25, -0.2) is 4.79 Å². The summed E-state index contributed by atoms with van der Waals surface area (Å²) < 4.78 is 6.88. The van der Waals surface area contributed by atoms with Crippen molar-refractivity contribution in [3.05, 3.63) is 33.7 Å². The number of hydrogen-bond donors (Lipinski definition) is 0. The van der Waals surface area contributed by atoms with E-state index >= 15 is 0 Å². The number of ether oxygens (including phenoxy) is 1. The maximum Gasteiger partial charge on any atom is 0.329 e. The highest BCUT2D eigenvalue weighted by Gasteiger charge is 2.25. The number of aryl methyl sites for hydroxylation is 1. The molecule has 1 heterocycles. The van der Waals surface area contributed by atoms with E-state index in [1.165, 1.54) is 24.0 Å². The molecule has 1 aliphatic rings. The van der Waals surface area contributed by atoms with E-state index in [9.17, 15) is 14.4 Å². The molecule has 2 rings (SSSR count). The number of pyridine rings is 1. The minimum atomic E-state index is -0.728. The van der Waals surface area contributed by atoms with E-state index in [0.717, 1.165) is 25.7 Å². The zero-order valence-corrected chi connectivity index (χ0v) is 13.4. The van der Waals surface area contributed by atoms with Crippen molar-refractivity contribution in [1.82, 2.24) is 4.57 Å². The highest BCUT2D eigenvalue weighted by atomic mass is 16.5. The molecular formula is C17H23NO4. The van der Waals surface area contributed by atoms with Gasteiger partial charge in [-0.1, -0.05) is 6.42 Å². The van der Waals surface area contributed by atoms with Crippen molar-refractivity contribution >= 4 is 11.8 Å². The fraction of sp³-hybridized carbons (Fsp3) is 0.588. The summed E-state index contributed by atoms with van der Waals surface area (Å²) in [5.74, 6) is -0.704. The van der Waals surface area contributed by atoms with Gasteiger partial charge in [0.15, 0.2) is 5.78 Å². The second kappa shape index (κ2) is 6.90. The lowest BCUT2D eigenvalue weighted by Gasteiger charge is -2.25. The van der Waals surface area contributed by atoms with Crippen LogP contribution in [0.4, 0.5) is 0 Å².